The number of hydrogen-bond donors (Lipinski definition) is 2. The molecule has 9 heteroatoms. The van der Waals surface area contributed by atoms with Gasteiger partial charge in [-0.15, -0.1) is 0 Å². The van der Waals surface area contributed by atoms with Gasteiger partial charge in [-0.2, -0.15) is 0 Å². The number of rotatable bonds is 63. The highest BCUT2D eigenvalue weighted by Gasteiger charge is 2.24. The van der Waals surface area contributed by atoms with Gasteiger partial charge in [0.15, 0.2) is 0 Å². The molecule has 3 unspecified atom stereocenters. The summed E-state index contributed by atoms with van der Waals surface area (Å²) in [6.07, 6.45) is 85.4. The zero-order valence-electron chi connectivity index (χ0n) is 53.5. The summed E-state index contributed by atoms with van der Waals surface area (Å²) in [6, 6.07) is -0.804. The highest BCUT2D eigenvalue weighted by molar-refractivity contribution is 7.45. The SMILES string of the molecule is CC/C=C\C/C=C\C/C=C\C/C=C\C/C=C\C/C=C\CCCCCCCCCCCCCCCCCCC(=O)NC(COP(=O)([O-])OCC[N+](C)(C)C)C(O)CCCCCCCCCCCCCCCCCCCCCCCCC. The molecule has 2 N–H and O–H groups in total. The van der Waals surface area contributed by atoms with E-state index in [0.29, 0.717) is 23.9 Å². The summed E-state index contributed by atoms with van der Waals surface area (Å²) >= 11 is 0. The zero-order chi connectivity index (χ0) is 58.4. The van der Waals surface area contributed by atoms with E-state index in [-0.39, 0.29) is 19.1 Å². The molecule has 0 radical (unpaired) electrons. The molecule has 0 saturated heterocycles. The zero-order valence-corrected chi connectivity index (χ0v) is 54.4. The van der Waals surface area contributed by atoms with Gasteiger partial charge in [0, 0.05) is 6.42 Å². The number of likely N-dealkylation sites (N-methyl/N-ethyl adjacent to an activating group) is 1. The fraction of sp³-hybridized carbons (Fsp3) is 0.817. The van der Waals surface area contributed by atoms with Gasteiger partial charge in [0.05, 0.1) is 39.9 Å². The van der Waals surface area contributed by atoms with Gasteiger partial charge in [-0.3, -0.25) is 9.36 Å². The second kappa shape index (κ2) is 61.5. The Balaban J connectivity index is 4.03. The summed E-state index contributed by atoms with van der Waals surface area (Å²) in [5, 5.41) is 14.1. The highest BCUT2D eigenvalue weighted by Crippen LogP contribution is 2.38. The molecule has 0 aromatic rings. The number of phosphoric acid groups is 1. The van der Waals surface area contributed by atoms with Crippen molar-refractivity contribution in [2.75, 3.05) is 40.9 Å². The molecule has 468 valence electrons. The monoisotopic (exact) mass is 1140 g/mol. The molecular formula is C71H133N2O6P. The quantitative estimate of drug-likeness (QED) is 0.0272. The Bertz CT molecular complexity index is 1530. The van der Waals surface area contributed by atoms with Crippen LogP contribution in [0.3, 0.4) is 0 Å². The fourth-order valence-corrected chi connectivity index (χ4v) is 10.9. The Hall–Kier alpha value is -2.06. The van der Waals surface area contributed by atoms with Crippen LogP contribution in [0.4, 0.5) is 0 Å². The molecule has 0 heterocycles. The van der Waals surface area contributed by atoms with Crippen molar-refractivity contribution in [1.29, 1.82) is 0 Å². The summed E-state index contributed by atoms with van der Waals surface area (Å²) in [5.74, 6) is -0.162. The molecule has 1 amide bonds. The average Bonchev–Trinajstić information content (AvgIpc) is 3.42. The van der Waals surface area contributed by atoms with Crippen LogP contribution in [0.25, 0.3) is 0 Å². The molecule has 0 aliphatic rings. The Kier molecular flexibility index (Phi) is 59.9. The first-order valence-electron chi connectivity index (χ1n) is 34.3. The maximum absolute atomic E-state index is 13.1. The van der Waals surface area contributed by atoms with Crippen molar-refractivity contribution in [2.45, 2.75) is 334 Å². The minimum atomic E-state index is -4.58. The first-order chi connectivity index (χ1) is 39.0. The van der Waals surface area contributed by atoms with Crippen LogP contribution >= 0.6 is 7.82 Å². The van der Waals surface area contributed by atoms with Gasteiger partial charge in [-0.1, -0.05) is 324 Å². The number of quaternary nitrogens is 1. The summed E-state index contributed by atoms with van der Waals surface area (Å²) < 4.78 is 23.5. The van der Waals surface area contributed by atoms with Crippen molar-refractivity contribution in [3.63, 3.8) is 0 Å². The molecule has 0 aromatic heterocycles. The van der Waals surface area contributed by atoms with Crippen LogP contribution in [0.5, 0.6) is 0 Å². The molecular weight excluding hydrogens is 1010 g/mol. The van der Waals surface area contributed by atoms with Crippen molar-refractivity contribution >= 4 is 13.7 Å². The number of amides is 1. The van der Waals surface area contributed by atoms with Gasteiger partial charge in [0.2, 0.25) is 5.91 Å². The van der Waals surface area contributed by atoms with Crippen LogP contribution < -0.4 is 10.2 Å². The van der Waals surface area contributed by atoms with E-state index in [1.807, 2.05) is 21.1 Å². The minimum absolute atomic E-state index is 0.0117. The smallest absolute Gasteiger partial charge is 0.268 e. The largest absolute Gasteiger partial charge is 0.756 e. The van der Waals surface area contributed by atoms with E-state index >= 15 is 0 Å². The Morgan fingerprint density at radius 2 is 0.762 bits per heavy atom. The third-order valence-electron chi connectivity index (χ3n) is 15.5. The number of nitrogens with one attached hydrogen (secondary N) is 1. The first-order valence-corrected chi connectivity index (χ1v) is 35.7. The molecule has 8 nitrogen and oxygen atoms in total. The molecule has 0 aromatic carbocycles. The predicted octanol–water partition coefficient (Wildman–Crippen LogP) is 21.1. The number of phosphoric ester groups is 1. The summed E-state index contributed by atoms with van der Waals surface area (Å²) in [4.78, 5) is 25.7. The van der Waals surface area contributed by atoms with Gasteiger partial charge in [0.25, 0.3) is 7.82 Å². The van der Waals surface area contributed by atoms with Crippen LogP contribution in [0.15, 0.2) is 72.9 Å². The number of unbranched alkanes of at least 4 members (excludes halogenated alkanes) is 38. The normalized spacial score (nSPS) is 14.1. The number of hydrogen-bond acceptors (Lipinski definition) is 6. The van der Waals surface area contributed by atoms with Crippen LogP contribution in [0, 0.1) is 0 Å². The van der Waals surface area contributed by atoms with Crippen molar-refractivity contribution in [2.24, 2.45) is 0 Å². The minimum Gasteiger partial charge on any atom is -0.756 e. The highest BCUT2D eigenvalue weighted by atomic mass is 31.2. The third kappa shape index (κ3) is 63.5. The maximum atomic E-state index is 13.1. The second-order valence-electron chi connectivity index (χ2n) is 24.5. The van der Waals surface area contributed by atoms with Gasteiger partial charge < -0.3 is 28.8 Å². The van der Waals surface area contributed by atoms with E-state index in [9.17, 15) is 19.4 Å². The lowest BCUT2D eigenvalue weighted by Gasteiger charge is -2.30. The van der Waals surface area contributed by atoms with E-state index in [2.05, 4.69) is 92.1 Å². The van der Waals surface area contributed by atoms with E-state index < -0.39 is 20.0 Å². The van der Waals surface area contributed by atoms with Gasteiger partial charge >= 0.3 is 0 Å². The molecule has 3 atom stereocenters. The van der Waals surface area contributed by atoms with E-state index in [4.69, 9.17) is 9.05 Å². The second-order valence-corrected chi connectivity index (χ2v) is 25.9. The summed E-state index contributed by atoms with van der Waals surface area (Å²) in [5.41, 5.74) is 0. The van der Waals surface area contributed by atoms with E-state index in [1.165, 1.54) is 218 Å². The number of aliphatic hydroxyl groups is 1. The Labute approximate surface area is 497 Å². The lowest BCUT2D eigenvalue weighted by molar-refractivity contribution is -0.870. The molecule has 0 spiro atoms. The summed E-state index contributed by atoms with van der Waals surface area (Å²) in [7, 11) is 1.31. The molecule has 0 rings (SSSR count). The number of nitrogens with zero attached hydrogens (tertiary/aromatic N) is 1. The molecule has 0 aliphatic carbocycles. The van der Waals surface area contributed by atoms with Gasteiger partial charge in [0.1, 0.15) is 13.2 Å². The van der Waals surface area contributed by atoms with Crippen LogP contribution in [0.1, 0.15) is 322 Å². The maximum Gasteiger partial charge on any atom is 0.268 e. The van der Waals surface area contributed by atoms with Crippen molar-refractivity contribution in [1.82, 2.24) is 5.32 Å². The fourth-order valence-electron chi connectivity index (χ4n) is 10.2. The van der Waals surface area contributed by atoms with Gasteiger partial charge in [-0.25, -0.2) is 0 Å². The predicted molar refractivity (Wildman–Crippen MR) is 348 cm³/mol. The van der Waals surface area contributed by atoms with Crippen molar-refractivity contribution < 1.29 is 32.9 Å². The van der Waals surface area contributed by atoms with Crippen LogP contribution in [0.2, 0.25) is 0 Å². The van der Waals surface area contributed by atoms with Crippen molar-refractivity contribution in [3.8, 4) is 0 Å². The van der Waals surface area contributed by atoms with Crippen molar-refractivity contribution in [3.05, 3.63) is 72.9 Å². The van der Waals surface area contributed by atoms with Crippen LogP contribution in [-0.4, -0.2) is 68.5 Å². The number of carbonyl (C=O) groups excluding carboxylic acids is 1. The molecule has 0 fully saturated rings. The van der Waals surface area contributed by atoms with E-state index in [0.717, 1.165) is 77.0 Å². The number of aliphatic hydroxyl groups excluding tert-OH is 1. The lowest BCUT2D eigenvalue weighted by atomic mass is 10.0. The first kappa shape index (κ1) is 77.9. The topological polar surface area (TPSA) is 108 Å². The number of allylic oxidation sites excluding steroid dienone is 12. The molecule has 80 heavy (non-hydrogen) atoms. The third-order valence-corrected chi connectivity index (χ3v) is 16.4. The van der Waals surface area contributed by atoms with Crippen LogP contribution in [-0.2, 0) is 18.4 Å². The molecule has 0 saturated carbocycles. The summed E-state index contributed by atoms with van der Waals surface area (Å²) in [6.45, 7) is 4.65. The Morgan fingerprint density at radius 1 is 0.450 bits per heavy atom. The standard InChI is InChI=1S/C71H133N2O6P/c1-6-8-10-12-14-16-18-20-22-24-26-28-30-31-32-33-34-35-36-37-38-39-40-41-43-45-47-49-51-53-55-57-59-61-63-65-71(75)72-69(68-79-80(76,77)78-67-66-73(3,4)5)70(74)64-62-60-58-56-54-52-50-48-46-44-42-29-27-25-23-21-19-17-15-13-11-9-7-2/h8,10,14,16,20,22,26,28,31-32,34-35,69-70,74H,6-7,9,11-13,15,17-19,21,23-25,27,29-30,33,36-68H2,1-5H3,(H-,72,75,76,77)/b10-8-,16-14-,22-20-,28-26-,32-31-,35-34-. The molecule has 0 bridgehead atoms. The van der Waals surface area contributed by atoms with E-state index in [1.54, 1.807) is 0 Å². The van der Waals surface area contributed by atoms with Gasteiger partial charge in [-0.05, 0) is 64.2 Å². The molecule has 0 aliphatic heterocycles. The lowest BCUT2D eigenvalue weighted by Crippen LogP contribution is -2.46. The Morgan fingerprint density at radius 3 is 1.11 bits per heavy atom. The number of carbonyl (C=O) groups is 1. The average molecular weight is 1140 g/mol.